The van der Waals surface area contributed by atoms with Crippen LogP contribution in [0, 0.1) is 6.92 Å². The largest absolute Gasteiger partial charge is 0.490 e. The summed E-state index contributed by atoms with van der Waals surface area (Å²) in [7, 11) is 0. The summed E-state index contributed by atoms with van der Waals surface area (Å²) in [5.41, 5.74) is 2.91. The normalized spacial score (nSPS) is 10.9. The van der Waals surface area contributed by atoms with Crippen LogP contribution in [-0.2, 0) is 17.8 Å². The van der Waals surface area contributed by atoms with Gasteiger partial charge in [0.15, 0.2) is 11.5 Å². The van der Waals surface area contributed by atoms with Gasteiger partial charge in [0.1, 0.15) is 5.82 Å². The lowest BCUT2D eigenvalue weighted by Crippen LogP contribution is -2.29. The first kappa shape index (κ1) is 21.2. The van der Waals surface area contributed by atoms with Gasteiger partial charge in [-0.05, 0) is 50.6 Å². The van der Waals surface area contributed by atoms with E-state index in [4.69, 9.17) is 9.47 Å². The molecule has 0 radical (unpaired) electrons. The van der Waals surface area contributed by atoms with Gasteiger partial charge in [-0.2, -0.15) is 0 Å². The number of benzene rings is 2. The van der Waals surface area contributed by atoms with Crippen molar-refractivity contribution in [1.29, 1.82) is 0 Å². The number of hydrogen-bond acceptors (Lipinski definition) is 4. The molecule has 0 unspecified atom stereocenters. The molecule has 0 atom stereocenters. The molecule has 0 saturated carbocycles. The van der Waals surface area contributed by atoms with Crippen molar-refractivity contribution in [3.8, 4) is 11.5 Å². The molecule has 0 spiro atoms. The summed E-state index contributed by atoms with van der Waals surface area (Å²) >= 11 is 3.54. The summed E-state index contributed by atoms with van der Waals surface area (Å²) in [5.74, 6) is 2.23. The number of nitrogens with zero attached hydrogens (tertiary/aromatic N) is 2. The van der Waals surface area contributed by atoms with Crippen molar-refractivity contribution < 1.29 is 14.3 Å². The van der Waals surface area contributed by atoms with Crippen LogP contribution < -0.4 is 14.8 Å². The van der Waals surface area contributed by atoms with E-state index in [2.05, 4.69) is 30.8 Å². The van der Waals surface area contributed by atoms with Gasteiger partial charge in [0, 0.05) is 17.6 Å². The number of rotatable bonds is 9. The van der Waals surface area contributed by atoms with E-state index in [1.54, 1.807) is 0 Å². The molecule has 0 fully saturated rings. The number of para-hydroxylation sites is 2. The molecular formula is C22H26BrN3O3. The third kappa shape index (κ3) is 5.09. The zero-order valence-corrected chi connectivity index (χ0v) is 18.6. The molecule has 2 aromatic carbocycles. The van der Waals surface area contributed by atoms with Gasteiger partial charge in [-0.3, -0.25) is 4.79 Å². The maximum absolute atomic E-state index is 12.5. The molecule has 0 saturated heterocycles. The van der Waals surface area contributed by atoms with Crippen molar-refractivity contribution in [3.05, 3.63) is 52.3 Å². The molecule has 0 bridgehead atoms. The SMILES string of the molecule is CCOc1cc(Br)c(CC(=O)NCCn2c(C)nc3ccccc32)cc1OCC. The van der Waals surface area contributed by atoms with E-state index in [0.29, 0.717) is 37.8 Å². The Morgan fingerprint density at radius 3 is 2.55 bits per heavy atom. The summed E-state index contributed by atoms with van der Waals surface area (Å²) in [6, 6.07) is 11.7. The van der Waals surface area contributed by atoms with E-state index in [0.717, 1.165) is 26.9 Å². The maximum atomic E-state index is 12.5. The van der Waals surface area contributed by atoms with Gasteiger partial charge in [0.05, 0.1) is 30.7 Å². The number of amides is 1. The Balaban J connectivity index is 1.63. The van der Waals surface area contributed by atoms with Crippen LogP contribution in [0.1, 0.15) is 25.2 Å². The smallest absolute Gasteiger partial charge is 0.224 e. The van der Waals surface area contributed by atoms with Gasteiger partial charge in [-0.25, -0.2) is 4.98 Å². The van der Waals surface area contributed by atoms with Gasteiger partial charge < -0.3 is 19.4 Å². The van der Waals surface area contributed by atoms with E-state index in [1.165, 1.54) is 0 Å². The lowest BCUT2D eigenvalue weighted by atomic mass is 10.1. The fourth-order valence-electron chi connectivity index (χ4n) is 3.27. The Labute approximate surface area is 179 Å². The van der Waals surface area contributed by atoms with Crippen LogP contribution >= 0.6 is 15.9 Å². The second kappa shape index (κ2) is 9.78. The third-order valence-corrected chi connectivity index (χ3v) is 5.30. The molecule has 154 valence electrons. The van der Waals surface area contributed by atoms with Gasteiger partial charge in [-0.1, -0.05) is 28.1 Å². The van der Waals surface area contributed by atoms with Crippen LogP contribution in [0.3, 0.4) is 0 Å². The first-order chi connectivity index (χ1) is 14.0. The van der Waals surface area contributed by atoms with Crippen LogP contribution in [0.4, 0.5) is 0 Å². The number of aryl methyl sites for hydroxylation is 1. The Kier molecular flexibility index (Phi) is 7.14. The quantitative estimate of drug-likeness (QED) is 0.518. The fraction of sp³-hybridized carbons (Fsp3) is 0.364. The van der Waals surface area contributed by atoms with Crippen LogP contribution in [0.2, 0.25) is 0 Å². The standard InChI is InChI=1S/C22H26BrN3O3/c1-4-28-20-12-16(17(23)14-21(20)29-5-2)13-22(27)24-10-11-26-15(3)25-18-8-6-7-9-19(18)26/h6-9,12,14H,4-5,10-11,13H2,1-3H3,(H,24,27). The first-order valence-corrected chi connectivity index (χ1v) is 10.6. The highest BCUT2D eigenvalue weighted by molar-refractivity contribution is 9.10. The highest BCUT2D eigenvalue weighted by Gasteiger charge is 2.14. The number of imidazole rings is 1. The molecule has 0 aliphatic rings. The molecule has 7 heteroatoms. The highest BCUT2D eigenvalue weighted by atomic mass is 79.9. The van der Waals surface area contributed by atoms with Crippen molar-refractivity contribution in [2.45, 2.75) is 33.7 Å². The second-order valence-electron chi connectivity index (χ2n) is 6.58. The zero-order chi connectivity index (χ0) is 20.8. The Bertz CT molecular complexity index is 1000. The molecule has 29 heavy (non-hydrogen) atoms. The van der Waals surface area contributed by atoms with E-state index in [-0.39, 0.29) is 12.3 Å². The second-order valence-corrected chi connectivity index (χ2v) is 7.44. The molecule has 3 aromatic rings. The molecule has 0 aliphatic carbocycles. The molecule has 1 aromatic heterocycles. The number of ether oxygens (including phenoxy) is 2. The molecular weight excluding hydrogens is 434 g/mol. The van der Waals surface area contributed by atoms with Crippen LogP contribution in [0.25, 0.3) is 11.0 Å². The number of carbonyl (C=O) groups is 1. The predicted molar refractivity (Wildman–Crippen MR) is 118 cm³/mol. The fourth-order valence-corrected chi connectivity index (χ4v) is 3.73. The summed E-state index contributed by atoms with van der Waals surface area (Å²) in [6.07, 6.45) is 0.261. The first-order valence-electron chi connectivity index (χ1n) is 9.80. The van der Waals surface area contributed by atoms with Gasteiger partial charge in [0.25, 0.3) is 0 Å². The maximum Gasteiger partial charge on any atom is 0.224 e. The van der Waals surface area contributed by atoms with Gasteiger partial charge >= 0.3 is 0 Å². The Morgan fingerprint density at radius 2 is 1.83 bits per heavy atom. The number of fused-ring (bicyclic) bond motifs is 1. The number of carbonyl (C=O) groups excluding carboxylic acids is 1. The average molecular weight is 460 g/mol. The number of halogens is 1. The molecule has 1 heterocycles. The summed E-state index contributed by atoms with van der Waals surface area (Å²) < 4.78 is 14.2. The Hall–Kier alpha value is -2.54. The van der Waals surface area contributed by atoms with Gasteiger partial charge in [0.2, 0.25) is 5.91 Å². The Morgan fingerprint density at radius 1 is 1.14 bits per heavy atom. The monoisotopic (exact) mass is 459 g/mol. The van der Waals surface area contributed by atoms with Gasteiger partial charge in [-0.15, -0.1) is 0 Å². The minimum absolute atomic E-state index is 0.0422. The van der Waals surface area contributed by atoms with Crippen LogP contribution in [0.5, 0.6) is 11.5 Å². The molecule has 1 amide bonds. The van der Waals surface area contributed by atoms with Crippen LogP contribution in [-0.4, -0.2) is 35.2 Å². The van der Waals surface area contributed by atoms with Crippen LogP contribution in [0.15, 0.2) is 40.9 Å². The van der Waals surface area contributed by atoms with Crippen molar-refractivity contribution >= 4 is 32.9 Å². The molecule has 3 rings (SSSR count). The minimum atomic E-state index is -0.0422. The topological polar surface area (TPSA) is 65.4 Å². The average Bonchev–Trinajstić information content (AvgIpc) is 3.01. The summed E-state index contributed by atoms with van der Waals surface area (Å²) in [6.45, 7) is 8.12. The van der Waals surface area contributed by atoms with Crippen molar-refractivity contribution in [1.82, 2.24) is 14.9 Å². The van der Waals surface area contributed by atoms with E-state index in [1.807, 2.05) is 57.2 Å². The lowest BCUT2D eigenvalue weighted by molar-refractivity contribution is -0.120. The third-order valence-electron chi connectivity index (χ3n) is 4.57. The summed E-state index contributed by atoms with van der Waals surface area (Å²) in [5, 5.41) is 3.00. The number of aromatic nitrogens is 2. The van der Waals surface area contributed by atoms with E-state index in [9.17, 15) is 4.79 Å². The van der Waals surface area contributed by atoms with Crippen molar-refractivity contribution in [3.63, 3.8) is 0 Å². The number of hydrogen-bond donors (Lipinski definition) is 1. The molecule has 0 aliphatic heterocycles. The lowest BCUT2D eigenvalue weighted by Gasteiger charge is -2.14. The molecule has 1 N–H and O–H groups in total. The van der Waals surface area contributed by atoms with Crippen molar-refractivity contribution in [2.75, 3.05) is 19.8 Å². The summed E-state index contributed by atoms with van der Waals surface area (Å²) in [4.78, 5) is 17.1. The predicted octanol–water partition coefficient (Wildman–Crippen LogP) is 4.26. The minimum Gasteiger partial charge on any atom is -0.490 e. The molecule has 6 nitrogen and oxygen atoms in total. The highest BCUT2D eigenvalue weighted by Crippen LogP contribution is 2.34. The zero-order valence-electron chi connectivity index (χ0n) is 17.0. The van der Waals surface area contributed by atoms with E-state index < -0.39 is 0 Å². The number of nitrogens with one attached hydrogen (secondary N) is 1. The van der Waals surface area contributed by atoms with Crippen molar-refractivity contribution in [2.24, 2.45) is 0 Å². The van der Waals surface area contributed by atoms with E-state index >= 15 is 0 Å².